The number of aryl methyl sites for hydroxylation is 1. The first-order valence-corrected chi connectivity index (χ1v) is 9.45. The number of carbonyl (C=O) groups is 2. The maximum absolute atomic E-state index is 13.1. The van der Waals surface area contributed by atoms with Crippen molar-refractivity contribution in [2.45, 2.75) is 13.3 Å². The number of rotatable bonds is 4. The van der Waals surface area contributed by atoms with Gasteiger partial charge in [-0.05, 0) is 42.3 Å². The zero-order valence-corrected chi connectivity index (χ0v) is 16.1. The Labute approximate surface area is 163 Å². The molecule has 3 aromatic rings. The van der Waals surface area contributed by atoms with Crippen LogP contribution in [-0.2, 0) is 11.2 Å². The molecule has 6 heteroatoms. The van der Waals surface area contributed by atoms with Gasteiger partial charge in [0, 0.05) is 29.7 Å². The molecule has 2 amide bonds. The molecule has 2 aromatic carbocycles. The van der Waals surface area contributed by atoms with Crippen LogP contribution in [0.25, 0.3) is 10.9 Å². The van der Waals surface area contributed by atoms with Crippen LogP contribution in [-0.4, -0.2) is 48.4 Å². The van der Waals surface area contributed by atoms with E-state index < -0.39 is 0 Å². The van der Waals surface area contributed by atoms with Gasteiger partial charge in [0.1, 0.15) is 18.0 Å². The Hall–Kier alpha value is -3.28. The second-order valence-corrected chi connectivity index (χ2v) is 6.85. The molecule has 0 unspecified atom stereocenters. The molecule has 144 valence electrons. The summed E-state index contributed by atoms with van der Waals surface area (Å²) in [6.07, 6.45) is 0.755. The molecule has 1 aliphatic heterocycles. The SMILES string of the molecule is CCc1c(C(=O)N2CCN(c3ccc(OC)cc3)C(=O)C2)[nH]c2ccccc12. The number of benzene rings is 2. The average Bonchev–Trinajstić information content (AvgIpc) is 3.12. The maximum Gasteiger partial charge on any atom is 0.271 e. The number of hydrogen-bond acceptors (Lipinski definition) is 3. The Balaban J connectivity index is 1.54. The summed E-state index contributed by atoms with van der Waals surface area (Å²) in [5.74, 6) is 0.547. The van der Waals surface area contributed by atoms with Gasteiger partial charge >= 0.3 is 0 Å². The molecule has 1 aliphatic rings. The van der Waals surface area contributed by atoms with Crippen molar-refractivity contribution in [1.82, 2.24) is 9.88 Å². The lowest BCUT2D eigenvalue weighted by Crippen LogP contribution is -2.52. The van der Waals surface area contributed by atoms with Crippen molar-refractivity contribution in [3.05, 3.63) is 59.8 Å². The first-order chi connectivity index (χ1) is 13.6. The number of carbonyl (C=O) groups excluding carboxylic acids is 2. The van der Waals surface area contributed by atoms with Gasteiger partial charge in [-0.25, -0.2) is 0 Å². The number of ether oxygens (including phenoxy) is 1. The summed E-state index contributed by atoms with van der Waals surface area (Å²) >= 11 is 0. The molecular weight excluding hydrogens is 354 g/mol. The third-order valence-electron chi connectivity index (χ3n) is 5.27. The topological polar surface area (TPSA) is 65.6 Å². The van der Waals surface area contributed by atoms with Gasteiger partial charge in [-0.1, -0.05) is 25.1 Å². The fourth-order valence-electron chi connectivity index (χ4n) is 3.79. The Kier molecular flexibility index (Phi) is 4.77. The first kappa shape index (κ1) is 18.1. The molecule has 4 rings (SSSR count). The van der Waals surface area contributed by atoms with Crippen LogP contribution >= 0.6 is 0 Å². The molecule has 0 atom stereocenters. The fraction of sp³-hybridized carbons (Fsp3) is 0.273. The number of aromatic amines is 1. The maximum atomic E-state index is 13.1. The summed E-state index contributed by atoms with van der Waals surface area (Å²) in [5, 5.41) is 1.07. The number of para-hydroxylation sites is 1. The average molecular weight is 377 g/mol. The van der Waals surface area contributed by atoms with Crippen LogP contribution in [0.15, 0.2) is 48.5 Å². The van der Waals surface area contributed by atoms with Crippen LogP contribution < -0.4 is 9.64 Å². The highest BCUT2D eigenvalue weighted by Crippen LogP contribution is 2.26. The van der Waals surface area contributed by atoms with Crippen LogP contribution in [0.5, 0.6) is 5.75 Å². The van der Waals surface area contributed by atoms with Crippen molar-refractivity contribution in [2.75, 3.05) is 31.6 Å². The van der Waals surface area contributed by atoms with E-state index in [4.69, 9.17) is 4.74 Å². The van der Waals surface area contributed by atoms with Crippen LogP contribution in [0.3, 0.4) is 0 Å². The minimum absolute atomic E-state index is 0.0728. The van der Waals surface area contributed by atoms with Crippen LogP contribution in [0.4, 0.5) is 5.69 Å². The molecule has 0 bridgehead atoms. The Bertz CT molecular complexity index is 1020. The number of aromatic nitrogens is 1. The molecule has 2 heterocycles. The van der Waals surface area contributed by atoms with Crippen molar-refractivity contribution in [1.29, 1.82) is 0 Å². The molecule has 1 N–H and O–H groups in total. The fourth-order valence-corrected chi connectivity index (χ4v) is 3.79. The van der Waals surface area contributed by atoms with Crippen LogP contribution in [0.2, 0.25) is 0 Å². The molecule has 0 aliphatic carbocycles. The number of methoxy groups -OCH3 is 1. The van der Waals surface area contributed by atoms with Gasteiger partial charge in [0.25, 0.3) is 5.91 Å². The highest BCUT2D eigenvalue weighted by atomic mass is 16.5. The molecule has 6 nitrogen and oxygen atoms in total. The van der Waals surface area contributed by atoms with Gasteiger partial charge in [0.15, 0.2) is 0 Å². The molecule has 0 radical (unpaired) electrons. The third-order valence-corrected chi connectivity index (χ3v) is 5.27. The van der Waals surface area contributed by atoms with E-state index in [0.29, 0.717) is 18.8 Å². The highest BCUT2D eigenvalue weighted by molar-refractivity contribution is 6.04. The molecule has 1 aromatic heterocycles. The normalized spacial score (nSPS) is 14.6. The van der Waals surface area contributed by atoms with Gasteiger partial charge < -0.3 is 19.5 Å². The van der Waals surface area contributed by atoms with E-state index in [9.17, 15) is 9.59 Å². The second-order valence-electron chi connectivity index (χ2n) is 6.85. The molecule has 0 spiro atoms. The van der Waals surface area contributed by atoms with Crippen molar-refractivity contribution >= 4 is 28.4 Å². The number of piperazine rings is 1. The number of anilines is 1. The quantitative estimate of drug-likeness (QED) is 0.759. The number of H-pyrrole nitrogens is 1. The third kappa shape index (κ3) is 3.11. The van der Waals surface area contributed by atoms with E-state index in [0.717, 1.165) is 34.3 Å². The molecule has 1 saturated heterocycles. The standard InChI is InChI=1S/C22H23N3O3/c1-3-17-18-6-4-5-7-19(18)23-21(17)22(27)24-12-13-25(20(26)14-24)15-8-10-16(28-2)11-9-15/h4-11,23H,3,12-14H2,1-2H3. The van der Waals surface area contributed by atoms with E-state index in [1.807, 2.05) is 55.5 Å². The van der Waals surface area contributed by atoms with Gasteiger partial charge in [0.2, 0.25) is 5.91 Å². The Morgan fingerprint density at radius 2 is 1.86 bits per heavy atom. The zero-order valence-electron chi connectivity index (χ0n) is 16.1. The van der Waals surface area contributed by atoms with E-state index in [1.165, 1.54) is 0 Å². The largest absolute Gasteiger partial charge is 0.497 e. The summed E-state index contributed by atoms with van der Waals surface area (Å²) < 4.78 is 5.17. The van der Waals surface area contributed by atoms with Crippen molar-refractivity contribution in [2.24, 2.45) is 0 Å². The van der Waals surface area contributed by atoms with Crippen molar-refractivity contribution in [3.63, 3.8) is 0 Å². The number of hydrogen-bond donors (Lipinski definition) is 1. The molecular formula is C22H23N3O3. The Morgan fingerprint density at radius 1 is 1.11 bits per heavy atom. The lowest BCUT2D eigenvalue weighted by Gasteiger charge is -2.34. The molecule has 1 fully saturated rings. The number of amides is 2. The Morgan fingerprint density at radius 3 is 2.54 bits per heavy atom. The summed E-state index contributed by atoms with van der Waals surface area (Å²) in [5.41, 5.74) is 3.36. The van der Waals surface area contributed by atoms with Crippen LogP contribution in [0, 0.1) is 0 Å². The summed E-state index contributed by atoms with van der Waals surface area (Å²) in [6.45, 7) is 3.08. The van der Waals surface area contributed by atoms with Gasteiger partial charge in [-0.3, -0.25) is 9.59 Å². The minimum atomic E-state index is -0.115. The second kappa shape index (κ2) is 7.38. The van der Waals surface area contributed by atoms with Gasteiger partial charge in [0.05, 0.1) is 7.11 Å². The van der Waals surface area contributed by atoms with Crippen molar-refractivity contribution < 1.29 is 14.3 Å². The molecule has 28 heavy (non-hydrogen) atoms. The zero-order chi connectivity index (χ0) is 19.7. The lowest BCUT2D eigenvalue weighted by molar-refractivity contribution is -0.120. The summed E-state index contributed by atoms with van der Waals surface area (Å²) in [4.78, 5) is 32.4. The van der Waals surface area contributed by atoms with E-state index in [2.05, 4.69) is 4.98 Å². The molecule has 0 saturated carbocycles. The predicted molar refractivity (Wildman–Crippen MR) is 109 cm³/mol. The summed E-state index contributed by atoms with van der Waals surface area (Å²) in [7, 11) is 1.61. The lowest BCUT2D eigenvalue weighted by atomic mass is 10.1. The first-order valence-electron chi connectivity index (χ1n) is 9.45. The number of nitrogens with one attached hydrogen (secondary N) is 1. The summed E-state index contributed by atoms with van der Waals surface area (Å²) in [6, 6.07) is 15.3. The van der Waals surface area contributed by atoms with Gasteiger partial charge in [-0.15, -0.1) is 0 Å². The predicted octanol–water partition coefficient (Wildman–Crippen LogP) is 3.23. The van der Waals surface area contributed by atoms with E-state index >= 15 is 0 Å². The van der Waals surface area contributed by atoms with E-state index in [1.54, 1.807) is 16.9 Å². The monoisotopic (exact) mass is 377 g/mol. The van der Waals surface area contributed by atoms with Crippen LogP contribution in [0.1, 0.15) is 23.0 Å². The van der Waals surface area contributed by atoms with Crippen molar-refractivity contribution in [3.8, 4) is 5.75 Å². The van der Waals surface area contributed by atoms with Gasteiger partial charge in [-0.2, -0.15) is 0 Å². The van der Waals surface area contributed by atoms with E-state index in [-0.39, 0.29) is 18.4 Å². The number of fused-ring (bicyclic) bond motifs is 1. The smallest absolute Gasteiger partial charge is 0.271 e. The highest BCUT2D eigenvalue weighted by Gasteiger charge is 2.30. The number of nitrogens with zero attached hydrogens (tertiary/aromatic N) is 2. The minimum Gasteiger partial charge on any atom is -0.497 e.